The smallest absolute Gasteiger partial charge is 0.195 e. The minimum Gasteiger partial charge on any atom is -0.486 e. The molecular formula is C13H19NO4. The Balaban J connectivity index is 2.36. The first-order chi connectivity index (χ1) is 8.75. The van der Waals surface area contributed by atoms with E-state index in [4.69, 9.17) is 24.7 Å². The van der Waals surface area contributed by atoms with Crippen molar-refractivity contribution in [2.45, 2.75) is 12.2 Å². The van der Waals surface area contributed by atoms with E-state index in [1.807, 2.05) is 18.2 Å². The van der Waals surface area contributed by atoms with E-state index in [9.17, 15) is 0 Å². The highest BCUT2D eigenvalue weighted by Crippen LogP contribution is 2.37. The molecule has 5 heteroatoms. The molecule has 1 heterocycles. The Hall–Kier alpha value is -1.30. The van der Waals surface area contributed by atoms with Crippen molar-refractivity contribution in [2.75, 3.05) is 34.0 Å². The zero-order valence-corrected chi connectivity index (χ0v) is 10.8. The second-order valence-electron chi connectivity index (χ2n) is 4.06. The molecule has 0 amide bonds. The SMILES string of the molecule is COC(CCN)(OC)c1ccc2c(c1)OCCO2. The molecule has 1 aromatic rings. The Kier molecular flexibility index (Phi) is 4.06. The quantitative estimate of drug-likeness (QED) is 0.800. The van der Waals surface area contributed by atoms with Gasteiger partial charge in [-0.25, -0.2) is 0 Å². The van der Waals surface area contributed by atoms with E-state index in [-0.39, 0.29) is 0 Å². The molecule has 0 saturated heterocycles. The minimum absolute atomic E-state index is 0.468. The van der Waals surface area contributed by atoms with Gasteiger partial charge in [0.2, 0.25) is 0 Å². The monoisotopic (exact) mass is 253 g/mol. The standard InChI is InChI=1S/C13H19NO4/c1-15-13(16-2,5-6-14)10-3-4-11-12(9-10)18-8-7-17-11/h3-4,9H,5-8,14H2,1-2H3. The Bertz CT molecular complexity index is 404. The van der Waals surface area contributed by atoms with Crippen LogP contribution in [0.5, 0.6) is 11.5 Å². The highest BCUT2D eigenvalue weighted by atomic mass is 16.7. The summed E-state index contributed by atoms with van der Waals surface area (Å²) in [6.07, 6.45) is 0.569. The topological polar surface area (TPSA) is 62.9 Å². The number of ether oxygens (including phenoxy) is 4. The summed E-state index contributed by atoms with van der Waals surface area (Å²) in [4.78, 5) is 0. The van der Waals surface area contributed by atoms with Crippen LogP contribution in [0.15, 0.2) is 18.2 Å². The van der Waals surface area contributed by atoms with Gasteiger partial charge in [-0.05, 0) is 24.7 Å². The number of benzene rings is 1. The van der Waals surface area contributed by atoms with Crippen molar-refractivity contribution in [3.05, 3.63) is 23.8 Å². The van der Waals surface area contributed by atoms with E-state index >= 15 is 0 Å². The lowest BCUT2D eigenvalue weighted by Gasteiger charge is -2.32. The fourth-order valence-corrected chi connectivity index (χ4v) is 2.14. The molecule has 18 heavy (non-hydrogen) atoms. The molecule has 0 aromatic heterocycles. The summed E-state index contributed by atoms with van der Waals surface area (Å²) in [5.74, 6) is 0.637. The summed E-state index contributed by atoms with van der Waals surface area (Å²) in [6.45, 7) is 1.60. The summed E-state index contributed by atoms with van der Waals surface area (Å²) < 4.78 is 22.1. The number of hydrogen-bond acceptors (Lipinski definition) is 5. The molecule has 1 aliphatic rings. The summed E-state index contributed by atoms with van der Waals surface area (Å²) >= 11 is 0. The first-order valence-electron chi connectivity index (χ1n) is 5.96. The molecule has 2 N–H and O–H groups in total. The van der Waals surface area contributed by atoms with Gasteiger partial charge in [0, 0.05) is 26.2 Å². The molecule has 0 unspecified atom stereocenters. The number of nitrogens with two attached hydrogens (primary N) is 1. The molecular weight excluding hydrogens is 234 g/mol. The first kappa shape index (κ1) is 13.1. The average molecular weight is 253 g/mol. The van der Waals surface area contributed by atoms with Crippen molar-refractivity contribution in [3.8, 4) is 11.5 Å². The maximum atomic E-state index is 5.62. The van der Waals surface area contributed by atoms with Crippen molar-refractivity contribution in [1.29, 1.82) is 0 Å². The summed E-state index contributed by atoms with van der Waals surface area (Å²) in [5.41, 5.74) is 6.50. The third kappa shape index (κ3) is 2.29. The van der Waals surface area contributed by atoms with Gasteiger partial charge in [-0.3, -0.25) is 0 Å². The summed E-state index contributed by atoms with van der Waals surface area (Å²) in [7, 11) is 3.21. The van der Waals surface area contributed by atoms with Crippen LogP contribution in [0.3, 0.4) is 0 Å². The highest BCUT2D eigenvalue weighted by molar-refractivity contribution is 5.45. The summed E-state index contributed by atoms with van der Waals surface area (Å²) in [5, 5.41) is 0. The largest absolute Gasteiger partial charge is 0.486 e. The third-order valence-corrected chi connectivity index (χ3v) is 3.11. The fraction of sp³-hybridized carbons (Fsp3) is 0.538. The van der Waals surface area contributed by atoms with Gasteiger partial charge in [0.05, 0.1) is 0 Å². The van der Waals surface area contributed by atoms with Crippen LogP contribution < -0.4 is 15.2 Å². The predicted molar refractivity (Wildman–Crippen MR) is 66.8 cm³/mol. The Labute approximate surface area is 107 Å². The number of methoxy groups -OCH3 is 2. The van der Waals surface area contributed by atoms with Gasteiger partial charge in [0.1, 0.15) is 13.2 Å². The van der Waals surface area contributed by atoms with Crippen LogP contribution in [0.25, 0.3) is 0 Å². The third-order valence-electron chi connectivity index (χ3n) is 3.11. The molecule has 5 nitrogen and oxygen atoms in total. The zero-order chi connectivity index (χ0) is 13.0. The van der Waals surface area contributed by atoms with Gasteiger partial charge >= 0.3 is 0 Å². The van der Waals surface area contributed by atoms with Gasteiger partial charge in [-0.1, -0.05) is 0 Å². The van der Waals surface area contributed by atoms with Crippen molar-refractivity contribution < 1.29 is 18.9 Å². The van der Waals surface area contributed by atoms with Crippen LogP contribution in [0.1, 0.15) is 12.0 Å². The van der Waals surface area contributed by atoms with Crippen LogP contribution in [0, 0.1) is 0 Å². The van der Waals surface area contributed by atoms with Crippen molar-refractivity contribution in [1.82, 2.24) is 0 Å². The maximum Gasteiger partial charge on any atom is 0.195 e. The summed E-state index contributed by atoms with van der Waals surface area (Å²) in [6, 6.07) is 5.67. The Morgan fingerprint density at radius 2 is 1.83 bits per heavy atom. The second kappa shape index (κ2) is 5.56. The molecule has 0 saturated carbocycles. The normalized spacial score (nSPS) is 14.6. The lowest BCUT2D eigenvalue weighted by atomic mass is 10.0. The van der Waals surface area contributed by atoms with E-state index in [2.05, 4.69) is 0 Å². The lowest BCUT2D eigenvalue weighted by molar-refractivity contribution is -0.218. The first-order valence-corrected chi connectivity index (χ1v) is 5.96. The zero-order valence-electron chi connectivity index (χ0n) is 10.8. The molecule has 0 atom stereocenters. The van der Waals surface area contributed by atoms with Gasteiger partial charge in [-0.15, -0.1) is 0 Å². The molecule has 0 aliphatic carbocycles. The minimum atomic E-state index is -0.829. The van der Waals surface area contributed by atoms with Crippen molar-refractivity contribution in [2.24, 2.45) is 5.73 Å². The van der Waals surface area contributed by atoms with E-state index in [0.29, 0.717) is 31.9 Å². The molecule has 100 valence electrons. The number of hydrogen-bond donors (Lipinski definition) is 1. The van der Waals surface area contributed by atoms with Crippen LogP contribution in [0.2, 0.25) is 0 Å². The van der Waals surface area contributed by atoms with Crippen molar-refractivity contribution in [3.63, 3.8) is 0 Å². The lowest BCUT2D eigenvalue weighted by Crippen LogP contribution is -2.33. The molecule has 0 radical (unpaired) electrons. The van der Waals surface area contributed by atoms with Crippen molar-refractivity contribution >= 4 is 0 Å². The average Bonchev–Trinajstić information content (AvgIpc) is 2.44. The molecule has 2 rings (SSSR count). The molecule has 0 spiro atoms. The molecule has 0 bridgehead atoms. The molecule has 1 aromatic carbocycles. The van der Waals surface area contributed by atoms with E-state index in [0.717, 1.165) is 11.3 Å². The fourth-order valence-electron chi connectivity index (χ4n) is 2.14. The van der Waals surface area contributed by atoms with Gasteiger partial charge in [0.15, 0.2) is 17.3 Å². The van der Waals surface area contributed by atoms with Gasteiger partial charge < -0.3 is 24.7 Å². The highest BCUT2D eigenvalue weighted by Gasteiger charge is 2.32. The maximum absolute atomic E-state index is 5.62. The number of fused-ring (bicyclic) bond motifs is 1. The van der Waals surface area contributed by atoms with E-state index in [1.54, 1.807) is 14.2 Å². The van der Waals surface area contributed by atoms with Gasteiger partial charge in [0.25, 0.3) is 0 Å². The van der Waals surface area contributed by atoms with E-state index in [1.165, 1.54) is 0 Å². The number of rotatable bonds is 5. The molecule has 1 aliphatic heterocycles. The van der Waals surface area contributed by atoms with Crippen LogP contribution in [-0.2, 0) is 15.3 Å². The Morgan fingerprint density at radius 3 is 2.44 bits per heavy atom. The van der Waals surface area contributed by atoms with Crippen LogP contribution >= 0.6 is 0 Å². The predicted octanol–water partition coefficient (Wildman–Crippen LogP) is 1.25. The van der Waals surface area contributed by atoms with E-state index < -0.39 is 5.79 Å². The second-order valence-corrected chi connectivity index (χ2v) is 4.06. The molecule has 0 fully saturated rings. The van der Waals surface area contributed by atoms with Crippen LogP contribution in [-0.4, -0.2) is 34.0 Å². The Morgan fingerprint density at radius 1 is 1.17 bits per heavy atom. The van der Waals surface area contributed by atoms with Crippen LogP contribution in [0.4, 0.5) is 0 Å². The van der Waals surface area contributed by atoms with Gasteiger partial charge in [-0.2, -0.15) is 0 Å².